The van der Waals surface area contributed by atoms with Crippen LogP contribution in [0.15, 0.2) is 0 Å². The lowest BCUT2D eigenvalue weighted by Crippen LogP contribution is -2.27. The first-order chi connectivity index (χ1) is 12.4. The van der Waals surface area contributed by atoms with Gasteiger partial charge in [-0.1, -0.05) is 26.2 Å². The van der Waals surface area contributed by atoms with Crippen LogP contribution in [0.25, 0.3) is 0 Å². The fraction of sp³-hybridized carbons (Fsp3) is 0.850. The zero-order chi connectivity index (χ0) is 19.4. The van der Waals surface area contributed by atoms with Gasteiger partial charge in [-0.2, -0.15) is 0 Å². The highest BCUT2D eigenvalue weighted by atomic mass is 16.5. The number of carbonyl (C=O) groups excluding carboxylic acids is 1. The highest BCUT2D eigenvalue weighted by molar-refractivity contribution is 5.69. The first kappa shape index (κ1) is 22.5. The summed E-state index contributed by atoms with van der Waals surface area (Å²) < 4.78 is 5.26. The predicted octanol–water partition coefficient (Wildman–Crippen LogP) is 4.26. The van der Waals surface area contributed by atoms with Gasteiger partial charge in [0.05, 0.1) is 6.61 Å². The maximum absolute atomic E-state index is 11.9. The summed E-state index contributed by atoms with van der Waals surface area (Å²) >= 11 is 0. The third kappa shape index (κ3) is 9.78. The van der Waals surface area contributed by atoms with Crippen LogP contribution in [0.2, 0.25) is 0 Å². The fourth-order valence-corrected chi connectivity index (χ4v) is 3.97. The Bertz CT molecular complexity index is 448. The number of carboxylic acid groups (broad SMARTS) is 2. The number of aliphatic carboxylic acids is 2. The summed E-state index contributed by atoms with van der Waals surface area (Å²) in [5.74, 6) is -0.801. The molecule has 0 aliphatic heterocycles. The lowest BCUT2D eigenvalue weighted by Gasteiger charge is -2.36. The van der Waals surface area contributed by atoms with E-state index in [1.54, 1.807) is 0 Å². The van der Waals surface area contributed by atoms with Crippen molar-refractivity contribution < 1.29 is 29.3 Å². The van der Waals surface area contributed by atoms with Crippen molar-refractivity contribution in [3.63, 3.8) is 0 Å². The lowest BCUT2D eigenvalue weighted by molar-refractivity contribution is -0.144. The smallest absolute Gasteiger partial charge is 0.305 e. The summed E-state index contributed by atoms with van der Waals surface area (Å²) in [5, 5.41) is 17.8. The third-order valence-corrected chi connectivity index (χ3v) is 5.47. The molecule has 3 unspecified atom stereocenters. The Kier molecular flexibility index (Phi) is 11.0. The molecule has 0 heterocycles. The van der Waals surface area contributed by atoms with E-state index in [1.165, 1.54) is 0 Å². The van der Waals surface area contributed by atoms with Crippen LogP contribution in [0.4, 0.5) is 0 Å². The number of carbonyl (C=O) groups is 3. The number of ether oxygens (including phenoxy) is 1. The first-order valence-corrected chi connectivity index (χ1v) is 10.0. The van der Waals surface area contributed by atoms with E-state index in [2.05, 4.69) is 6.92 Å². The molecule has 0 spiro atoms. The highest BCUT2D eigenvalue weighted by Gasteiger charge is 2.31. The average Bonchev–Trinajstić information content (AvgIpc) is 2.60. The predicted molar refractivity (Wildman–Crippen MR) is 97.8 cm³/mol. The molecule has 0 bridgehead atoms. The highest BCUT2D eigenvalue weighted by Crippen LogP contribution is 2.40. The van der Waals surface area contributed by atoms with E-state index in [1.807, 2.05) is 0 Å². The van der Waals surface area contributed by atoms with E-state index in [9.17, 15) is 14.4 Å². The summed E-state index contributed by atoms with van der Waals surface area (Å²) in [6.45, 7) is 2.59. The van der Waals surface area contributed by atoms with Crippen molar-refractivity contribution in [2.75, 3.05) is 6.61 Å². The molecule has 26 heavy (non-hydrogen) atoms. The molecule has 1 saturated carbocycles. The molecular weight excluding hydrogens is 336 g/mol. The molecule has 6 nitrogen and oxygen atoms in total. The molecule has 0 amide bonds. The van der Waals surface area contributed by atoms with E-state index in [0.29, 0.717) is 37.7 Å². The minimum absolute atomic E-state index is 0.133. The number of rotatable bonds is 13. The van der Waals surface area contributed by atoms with Gasteiger partial charge in [-0.25, -0.2) is 0 Å². The summed E-state index contributed by atoms with van der Waals surface area (Å²) in [6.07, 6.45) is 8.53. The van der Waals surface area contributed by atoms with Crippen LogP contribution in [0.3, 0.4) is 0 Å². The van der Waals surface area contributed by atoms with E-state index in [4.69, 9.17) is 14.9 Å². The zero-order valence-corrected chi connectivity index (χ0v) is 16.0. The molecule has 1 aliphatic carbocycles. The van der Waals surface area contributed by atoms with E-state index in [-0.39, 0.29) is 24.7 Å². The molecule has 2 N–H and O–H groups in total. The molecule has 150 valence electrons. The van der Waals surface area contributed by atoms with Crippen molar-refractivity contribution in [1.82, 2.24) is 0 Å². The topological polar surface area (TPSA) is 101 Å². The fourth-order valence-electron chi connectivity index (χ4n) is 3.97. The van der Waals surface area contributed by atoms with Crippen molar-refractivity contribution >= 4 is 17.9 Å². The molecule has 6 heteroatoms. The van der Waals surface area contributed by atoms with Crippen LogP contribution in [-0.4, -0.2) is 34.7 Å². The summed E-state index contributed by atoms with van der Waals surface area (Å²) in [4.78, 5) is 33.6. The van der Waals surface area contributed by atoms with Crippen LogP contribution in [0.1, 0.15) is 84.0 Å². The summed E-state index contributed by atoms with van der Waals surface area (Å²) in [7, 11) is 0. The van der Waals surface area contributed by atoms with Gasteiger partial charge in [-0.05, 0) is 56.3 Å². The number of hydrogen-bond acceptors (Lipinski definition) is 4. The van der Waals surface area contributed by atoms with Gasteiger partial charge < -0.3 is 14.9 Å². The molecule has 0 aromatic rings. The van der Waals surface area contributed by atoms with Crippen molar-refractivity contribution in [3.05, 3.63) is 0 Å². The second-order valence-electron chi connectivity index (χ2n) is 7.53. The van der Waals surface area contributed by atoms with Crippen molar-refractivity contribution in [2.24, 2.45) is 17.8 Å². The minimum atomic E-state index is -0.799. The Labute approximate surface area is 156 Å². The Morgan fingerprint density at radius 3 is 2.19 bits per heavy atom. The van der Waals surface area contributed by atoms with Crippen molar-refractivity contribution in [2.45, 2.75) is 84.0 Å². The molecule has 1 aliphatic rings. The number of unbranched alkanes of at least 4 members (excludes halogenated alkanes) is 2. The monoisotopic (exact) mass is 370 g/mol. The Balaban J connectivity index is 2.43. The average molecular weight is 370 g/mol. The Hall–Kier alpha value is -1.59. The van der Waals surface area contributed by atoms with Crippen LogP contribution < -0.4 is 0 Å². The van der Waals surface area contributed by atoms with Gasteiger partial charge in [0.1, 0.15) is 0 Å². The van der Waals surface area contributed by atoms with Gasteiger partial charge in [0.15, 0.2) is 0 Å². The Morgan fingerprint density at radius 1 is 0.885 bits per heavy atom. The van der Waals surface area contributed by atoms with E-state index >= 15 is 0 Å². The van der Waals surface area contributed by atoms with Crippen LogP contribution in [0, 0.1) is 17.8 Å². The van der Waals surface area contributed by atoms with Crippen molar-refractivity contribution in [1.29, 1.82) is 0 Å². The first-order valence-electron chi connectivity index (χ1n) is 10.0. The molecule has 0 aromatic heterocycles. The second kappa shape index (κ2) is 12.7. The van der Waals surface area contributed by atoms with Crippen LogP contribution >= 0.6 is 0 Å². The standard InChI is InChI=1S/C20H34O6/c1-2-3-4-13-26-20(25)12-9-16-7-5-15(6-10-18(21)22)14-17(16)8-11-19(23)24/h15-17H,2-14H2,1H3,(H,21,22)(H,23,24). The summed E-state index contributed by atoms with van der Waals surface area (Å²) in [5.41, 5.74) is 0. The molecule has 1 fully saturated rings. The Morgan fingerprint density at radius 2 is 1.54 bits per heavy atom. The van der Waals surface area contributed by atoms with Crippen molar-refractivity contribution in [3.8, 4) is 0 Å². The van der Waals surface area contributed by atoms with Gasteiger partial charge in [-0.15, -0.1) is 0 Å². The van der Waals surface area contributed by atoms with Gasteiger partial charge in [0.2, 0.25) is 0 Å². The van der Waals surface area contributed by atoms with E-state index in [0.717, 1.165) is 44.9 Å². The maximum Gasteiger partial charge on any atom is 0.305 e. The number of esters is 1. The van der Waals surface area contributed by atoms with Crippen LogP contribution in [0.5, 0.6) is 0 Å². The SMILES string of the molecule is CCCCCOC(=O)CCC1CCC(CCC(=O)O)CC1CCC(=O)O. The zero-order valence-electron chi connectivity index (χ0n) is 16.0. The molecule has 1 rings (SSSR count). The largest absolute Gasteiger partial charge is 0.481 e. The van der Waals surface area contributed by atoms with Gasteiger partial charge in [0, 0.05) is 19.3 Å². The summed E-state index contributed by atoms with van der Waals surface area (Å²) in [6, 6.07) is 0. The lowest BCUT2D eigenvalue weighted by atomic mass is 9.69. The molecule has 0 aromatic carbocycles. The van der Waals surface area contributed by atoms with Gasteiger partial charge >= 0.3 is 17.9 Å². The maximum atomic E-state index is 11.9. The van der Waals surface area contributed by atoms with E-state index < -0.39 is 11.9 Å². The van der Waals surface area contributed by atoms with Crippen LogP contribution in [-0.2, 0) is 19.1 Å². The number of carboxylic acids is 2. The molecule has 0 saturated heterocycles. The normalized spacial score (nSPS) is 22.7. The second-order valence-corrected chi connectivity index (χ2v) is 7.53. The van der Waals surface area contributed by atoms with Gasteiger partial charge in [-0.3, -0.25) is 14.4 Å². The third-order valence-electron chi connectivity index (χ3n) is 5.47. The van der Waals surface area contributed by atoms with Gasteiger partial charge in [0.25, 0.3) is 0 Å². The number of hydrogen-bond donors (Lipinski definition) is 2. The quantitative estimate of drug-likeness (QED) is 0.371. The minimum Gasteiger partial charge on any atom is -0.481 e. The molecule has 0 radical (unpaired) electrons. The molecular formula is C20H34O6. The molecule has 3 atom stereocenters.